The van der Waals surface area contributed by atoms with Crippen LogP contribution in [0.25, 0.3) is 6.08 Å². The molecule has 1 heterocycles. The summed E-state index contributed by atoms with van der Waals surface area (Å²) in [7, 11) is 1.47. The van der Waals surface area contributed by atoms with E-state index in [0.29, 0.717) is 35.6 Å². The molecule has 2 aromatic rings. The van der Waals surface area contributed by atoms with Crippen molar-refractivity contribution in [3.05, 3.63) is 59.7 Å². The standard InChI is InChI=1S/C24H22N2O6/c1-30-22-15-17(4-10-21(22)31-14-12-25)5-11-24(29)32-16-20(27)18-6-8-19(9-7-18)26-13-2-3-23(26)28/h4-11,15H,2-3,13-14,16H2,1H3/b11-5+. The molecule has 1 saturated heterocycles. The van der Waals surface area contributed by atoms with Crippen LogP contribution in [0.2, 0.25) is 0 Å². The lowest BCUT2D eigenvalue weighted by Gasteiger charge is -2.15. The molecule has 8 heteroatoms. The van der Waals surface area contributed by atoms with E-state index >= 15 is 0 Å². The number of carbonyl (C=O) groups is 3. The number of esters is 1. The largest absolute Gasteiger partial charge is 0.493 e. The molecule has 2 aromatic carbocycles. The molecule has 0 bridgehead atoms. The van der Waals surface area contributed by atoms with Gasteiger partial charge < -0.3 is 19.1 Å². The minimum Gasteiger partial charge on any atom is -0.493 e. The van der Waals surface area contributed by atoms with Crippen molar-refractivity contribution in [3.63, 3.8) is 0 Å². The molecule has 32 heavy (non-hydrogen) atoms. The predicted octanol–water partition coefficient (Wildman–Crippen LogP) is 3.16. The van der Waals surface area contributed by atoms with E-state index in [1.165, 1.54) is 19.3 Å². The van der Waals surface area contributed by atoms with Crippen molar-refractivity contribution in [1.82, 2.24) is 0 Å². The summed E-state index contributed by atoms with van der Waals surface area (Å²) in [5.41, 5.74) is 1.81. The number of amides is 1. The number of carbonyl (C=O) groups excluding carboxylic acids is 3. The number of rotatable bonds is 9. The molecule has 0 saturated carbocycles. The number of benzene rings is 2. The lowest BCUT2D eigenvalue weighted by Crippen LogP contribution is -2.23. The van der Waals surface area contributed by atoms with E-state index in [0.717, 1.165) is 12.1 Å². The molecule has 0 radical (unpaired) electrons. The monoisotopic (exact) mass is 434 g/mol. The van der Waals surface area contributed by atoms with E-state index in [1.54, 1.807) is 47.4 Å². The van der Waals surface area contributed by atoms with E-state index in [4.69, 9.17) is 19.5 Å². The number of nitrogens with zero attached hydrogens (tertiary/aromatic N) is 2. The molecule has 0 atom stereocenters. The zero-order chi connectivity index (χ0) is 22.9. The van der Waals surface area contributed by atoms with Crippen LogP contribution in [0, 0.1) is 11.3 Å². The lowest BCUT2D eigenvalue weighted by atomic mass is 10.1. The molecule has 3 rings (SSSR count). The Kier molecular flexibility index (Phi) is 7.60. The van der Waals surface area contributed by atoms with Crippen LogP contribution in [-0.2, 0) is 14.3 Å². The summed E-state index contributed by atoms with van der Waals surface area (Å²) in [6.07, 6.45) is 4.09. The maximum absolute atomic E-state index is 12.3. The van der Waals surface area contributed by atoms with Gasteiger partial charge in [0.25, 0.3) is 0 Å². The van der Waals surface area contributed by atoms with Gasteiger partial charge in [0.1, 0.15) is 6.07 Å². The van der Waals surface area contributed by atoms with Crippen molar-refractivity contribution in [3.8, 4) is 17.6 Å². The third kappa shape index (κ3) is 5.73. The first kappa shape index (κ1) is 22.6. The van der Waals surface area contributed by atoms with Crippen LogP contribution in [0.3, 0.4) is 0 Å². The van der Waals surface area contributed by atoms with Crippen LogP contribution in [0.15, 0.2) is 48.5 Å². The van der Waals surface area contributed by atoms with Crippen LogP contribution in [0.5, 0.6) is 11.5 Å². The van der Waals surface area contributed by atoms with Crippen LogP contribution < -0.4 is 14.4 Å². The summed E-state index contributed by atoms with van der Waals surface area (Å²) in [4.78, 5) is 37.8. The Bertz CT molecular complexity index is 1070. The Morgan fingerprint density at radius 3 is 2.59 bits per heavy atom. The summed E-state index contributed by atoms with van der Waals surface area (Å²) < 4.78 is 15.5. The zero-order valence-corrected chi connectivity index (χ0v) is 17.6. The summed E-state index contributed by atoms with van der Waals surface area (Å²) in [5, 5.41) is 8.60. The molecule has 1 aliphatic heterocycles. The quantitative estimate of drug-likeness (QED) is 0.339. The Labute approximate surface area is 185 Å². The van der Waals surface area contributed by atoms with E-state index in [1.807, 2.05) is 6.07 Å². The molecule has 0 aliphatic carbocycles. The first-order chi connectivity index (χ1) is 15.5. The summed E-state index contributed by atoms with van der Waals surface area (Å²) in [6.45, 7) is 0.179. The van der Waals surface area contributed by atoms with Gasteiger partial charge in [-0.1, -0.05) is 6.07 Å². The average Bonchev–Trinajstić information content (AvgIpc) is 3.25. The fourth-order valence-electron chi connectivity index (χ4n) is 3.20. The molecule has 1 aliphatic rings. The van der Waals surface area contributed by atoms with Crippen LogP contribution in [0.4, 0.5) is 5.69 Å². The smallest absolute Gasteiger partial charge is 0.331 e. The third-order valence-electron chi connectivity index (χ3n) is 4.81. The highest BCUT2D eigenvalue weighted by Gasteiger charge is 2.21. The maximum atomic E-state index is 12.3. The normalized spacial score (nSPS) is 13.1. The van der Waals surface area contributed by atoms with Crippen molar-refractivity contribution in [2.45, 2.75) is 12.8 Å². The zero-order valence-electron chi connectivity index (χ0n) is 17.6. The van der Waals surface area contributed by atoms with Gasteiger partial charge in [0.2, 0.25) is 5.91 Å². The highest BCUT2D eigenvalue weighted by molar-refractivity contribution is 6.00. The van der Waals surface area contributed by atoms with Gasteiger partial charge in [-0.3, -0.25) is 9.59 Å². The van der Waals surface area contributed by atoms with E-state index in [2.05, 4.69) is 0 Å². The summed E-state index contributed by atoms with van der Waals surface area (Å²) >= 11 is 0. The number of hydrogen-bond acceptors (Lipinski definition) is 7. The first-order valence-corrected chi connectivity index (χ1v) is 9.98. The molecule has 0 unspecified atom stereocenters. The third-order valence-corrected chi connectivity index (χ3v) is 4.81. The van der Waals surface area contributed by atoms with Gasteiger partial charge in [-0.05, 0) is 54.5 Å². The number of nitriles is 1. The van der Waals surface area contributed by atoms with E-state index in [-0.39, 0.29) is 18.3 Å². The van der Waals surface area contributed by atoms with E-state index in [9.17, 15) is 14.4 Å². The predicted molar refractivity (Wildman–Crippen MR) is 116 cm³/mol. The molecular weight excluding hydrogens is 412 g/mol. The summed E-state index contributed by atoms with van der Waals surface area (Å²) in [6, 6.07) is 13.5. The molecule has 164 valence electrons. The fraction of sp³-hybridized carbons (Fsp3) is 0.250. The van der Waals surface area contributed by atoms with Crippen molar-refractivity contribution >= 4 is 29.4 Å². The van der Waals surface area contributed by atoms with Crippen molar-refractivity contribution < 1.29 is 28.6 Å². The number of ether oxygens (including phenoxy) is 3. The number of hydrogen-bond donors (Lipinski definition) is 0. The minimum absolute atomic E-state index is 0.0757. The second kappa shape index (κ2) is 10.8. The number of ketones is 1. The molecule has 8 nitrogen and oxygen atoms in total. The second-order valence-electron chi connectivity index (χ2n) is 6.92. The van der Waals surface area contributed by atoms with Crippen LogP contribution in [-0.4, -0.2) is 44.5 Å². The average molecular weight is 434 g/mol. The Morgan fingerprint density at radius 1 is 1.16 bits per heavy atom. The van der Waals surface area contributed by atoms with Crippen LogP contribution in [0.1, 0.15) is 28.8 Å². The van der Waals surface area contributed by atoms with Gasteiger partial charge in [-0.15, -0.1) is 0 Å². The summed E-state index contributed by atoms with van der Waals surface area (Å²) in [5.74, 6) is -0.0932. The van der Waals surface area contributed by atoms with Gasteiger partial charge in [-0.2, -0.15) is 5.26 Å². The fourth-order valence-corrected chi connectivity index (χ4v) is 3.20. The number of methoxy groups -OCH3 is 1. The van der Waals surface area contributed by atoms with Gasteiger partial charge in [0.05, 0.1) is 7.11 Å². The Hall–Kier alpha value is -4.12. The number of anilines is 1. The van der Waals surface area contributed by atoms with Crippen LogP contribution >= 0.6 is 0 Å². The van der Waals surface area contributed by atoms with Crippen molar-refractivity contribution in [2.75, 3.05) is 31.8 Å². The highest BCUT2D eigenvalue weighted by Crippen LogP contribution is 2.28. The van der Waals surface area contributed by atoms with Crippen molar-refractivity contribution in [1.29, 1.82) is 5.26 Å². The molecule has 1 amide bonds. The molecule has 0 spiro atoms. The minimum atomic E-state index is -0.665. The van der Waals surface area contributed by atoms with Gasteiger partial charge in [-0.25, -0.2) is 4.79 Å². The molecule has 0 N–H and O–H groups in total. The van der Waals surface area contributed by atoms with Crippen molar-refractivity contribution in [2.24, 2.45) is 0 Å². The molecule has 1 fully saturated rings. The molecule has 0 aromatic heterocycles. The molecular formula is C24H22N2O6. The topological polar surface area (TPSA) is 106 Å². The Balaban J connectivity index is 1.53. The van der Waals surface area contributed by atoms with Gasteiger partial charge in [0.15, 0.2) is 30.5 Å². The number of Topliss-reactive ketones (excluding diaryl/α,β-unsaturated/α-hetero) is 1. The lowest BCUT2D eigenvalue weighted by molar-refractivity contribution is -0.136. The first-order valence-electron chi connectivity index (χ1n) is 9.98. The Morgan fingerprint density at radius 2 is 1.94 bits per heavy atom. The SMILES string of the molecule is COc1cc(/C=C/C(=O)OCC(=O)c2ccc(N3CCCC3=O)cc2)ccc1OCC#N. The van der Waals surface area contributed by atoms with Gasteiger partial charge in [0, 0.05) is 30.3 Å². The highest BCUT2D eigenvalue weighted by atomic mass is 16.5. The second-order valence-corrected chi connectivity index (χ2v) is 6.92. The van der Waals surface area contributed by atoms with E-state index < -0.39 is 12.6 Å². The van der Waals surface area contributed by atoms with Gasteiger partial charge >= 0.3 is 5.97 Å². The maximum Gasteiger partial charge on any atom is 0.331 e.